The molecular weight excluding hydrogens is 364 g/mol. The molecule has 0 spiro atoms. The van der Waals surface area contributed by atoms with Crippen molar-refractivity contribution < 1.29 is 4.74 Å². The van der Waals surface area contributed by atoms with Gasteiger partial charge in [0.25, 0.3) is 5.56 Å². The zero-order valence-electron chi connectivity index (χ0n) is 16.5. The van der Waals surface area contributed by atoms with Gasteiger partial charge in [0.1, 0.15) is 5.75 Å². The van der Waals surface area contributed by atoms with Crippen LogP contribution in [0.15, 0.2) is 59.8 Å². The molecule has 1 fully saturated rings. The van der Waals surface area contributed by atoms with Gasteiger partial charge >= 0.3 is 0 Å². The Morgan fingerprint density at radius 1 is 1.10 bits per heavy atom. The van der Waals surface area contributed by atoms with E-state index in [-0.39, 0.29) is 5.56 Å². The van der Waals surface area contributed by atoms with E-state index < -0.39 is 0 Å². The first kappa shape index (κ1) is 18.1. The second-order valence-corrected chi connectivity index (χ2v) is 8.00. The largest absolute Gasteiger partial charge is 0.495 e. The topological polar surface area (TPSA) is 60.2 Å². The van der Waals surface area contributed by atoms with Gasteiger partial charge in [0, 0.05) is 68.0 Å². The number of fused-ring (bicyclic) bond motifs is 4. The molecule has 1 saturated heterocycles. The SMILES string of the molecule is COc1cccnc1CN1C[C@@H]2C[C@H](C1)c1cc(-c3cccnc3)cc(=O)n1C2. The summed E-state index contributed by atoms with van der Waals surface area (Å²) >= 11 is 0. The fourth-order valence-corrected chi connectivity index (χ4v) is 4.83. The Morgan fingerprint density at radius 3 is 2.83 bits per heavy atom. The molecule has 6 nitrogen and oxygen atoms in total. The first-order valence-corrected chi connectivity index (χ1v) is 10.1. The van der Waals surface area contributed by atoms with Crippen LogP contribution in [-0.4, -0.2) is 39.6 Å². The summed E-state index contributed by atoms with van der Waals surface area (Å²) in [5.74, 6) is 1.66. The molecule has 148 valence electrons. The first-order chi connectivity index (χ1) is 14.2. The molecule has 2 aliphatic heterocycles. The second-order valence-electron chi connectivity index (χ2n) is 8.00. The lowest BCUT2D eigenvalue weighted by Crippen LogP contribution is -2.46. The fraction of sp³-hybridized carbons (Fsp3) is 0.348. The molecule has 0 unspecified atom stereocenters. The molecule has 6 heteroatoms. The Bertz CT molecular complexity index is 1080. The molecule has 0 radical (unpaired) electrons. The van der Waals surface area contributed by atoms with E-state index in [4.69, 9.17) is 4.74 Å². The van der Waals surface area contributed by atoms with Crippen LogP contribution in [0.5, 0.6) is 5.75 Å². The number of hydrogen-bond acceptors (Lipinski definition) is 5. The molecular formula is C23H24N4O2. The summed E-state index contributed by atoms with van der Waals surface area (Å²) in [5.41, 5.74) is 4.15. The van der Waals surface area contributed by atoms with E-state index in [2.05, 4.69) is 20.9 Å². The highest BCUT2D eigenvalue weighted by atomic mass is 16.5. The summed E-state index contributed by atoms with van der Waals surface area (Å²) in [7, 11) is 1.69. The first-order valence-electron chi connectivity index (χ1n) is 10.1. The number of likely N-dealkylation sites (tertiary alicyclic amines) is 1. The predicted octanol–water partition coefficient (Wildman–Crippen LogP) is 2.93. The molecule has 0 N–H and O–H groups in total. The van der Waals surface area contributed by atoms with Gasteiger partial charge < -0.3 is 9.30 Å². The molecule has 0 aliphatic carbocycles. The smallest absolute Gasteiger partial charge is 0.251 e. The molecule has 3 aromatic heterocycles. The van der Waals surface area contributed by atoms with E-state index in [0.29, 0.717) is 11.8 Å². The minimum Gasteiger partial charge on any atom is -0.495 e. The van der Waals surface area contributed by atoms with Gasteiger partial charge in [0.15, 0.2) is 0 Å². The number of pyridine rings is 3. The predicted molar refractivity (Wildman–Crippen MR) is 111 cm³/mol. The van der Waals surface area contributed by atoms with Crippen molar-refractivity contribution in [1.29, 1.82) is 0 Å². The number of rotatable bonds is 4. The molecule has 0 aromatic carbocycles. The van der Waals surface area contributed by atoms with Gasteiger partial charge in [-0.05, 0) is 42.2 Å². The summed E-state index contributed by atoms with van der Waals surface area (Å²) < 4.78 is 7.46. The summed E-state index contributed by atoms with van der Waals surface area (Å²) in [6.45, 7) is 3.45. The highest BCUT2D eigenvalue weighted by Crippen LogP contribution is 2.37. The van der Waals surface area contributed by atoms with Crippen molar-refractivity contribution in [1.82, 2.24) is 19.4 Å². The zero-order chi connectivity index (χ0) is 19.8. The maximum absolute atomic E-state index is 12.8. The van der Waals surface area contributed by atoms with Gasteiger partial charge in [-0.15, -0.1) is 0 Å². The Hall–Kier alpha value is -2.99. The third-order valence-electron chi connectivity index (χ3n) is 6.07. The second kappa shape index (κ2) is 7.44. The van der Waals surface area contributed by atoms with Crippen LogP contribution >= 0.6 is 0 Å². The highest BCUT2D eigenvalue weighted by Gasteiger charge is 2.35. The number of piperidine rings is 1. The van der Waals surface area contributed by atoms with Crippen LogP contribution in [0.4, 0.5) is 0 Å². The quantitative estimate of drug-likeness (QED) is 0.688. The van der Waals surface area contributed by atoms with E-state index in [1.165, 1.54) is 0 Å². The van der Waals surface area contributed by atoms with Gasteiger partial charge in [-0.1, -0.05) is 6.07 Å². The van der Waals surface area contributed by atoms with E-state index in [0.717, 1.165) is 60.9 Å². The molecule has 5 heterocycles. The lowest BCUT2D eigenvalue weighted by atomic mass is 9.82. The lowest BCUT2D eigenvalue weighted by molar-refractivity contribution is 0.112. The van der Waals surface area contributed by atoms with Crippen LogP contribution in [0.25, 0.3) is 11.1 Å². The Morgan fingerprint density at radius 2 is 2.00 bits per heavy atom. The third kappa shape index (κ3) is 3.44. The van der Waals surface area contributed by atoms with E-state index in [1.807, 2.05) is 41.2 Å². The van der Waals surface area contributed by atoms with Crippen LogP contribution in [0.3, 0.4) is 0 Å². The number of methoxy groups -OCH3 is 1. The molecule has 29 heavy (non-hydrogen) atoms. The highest BCUT2D eigenvalue weighted by molar-refractivity contribution is 5.62. The van der Waals surface area contributed by atoms with E-state index >= 15 is 0 Å². The Labute approximate surface area is 169 Å². The van der Waals surface area contributed by atoms with Gasteiger partial charge in [0.2, 0.25) is 0 Å². The molecule has 2 bridgehead atoms. The van der Waals surface area contributed by atoms with Crippen LogP contribution in [0.2, 0.25) is 0 Å². The number of aromatic nitrogens is 3. The molecule has 2 atom stereocenters. The van der Waals surface area contributed by atoms with Crippen molar-refractivity contribution in [3.05, 3.63) is 76.7 Å². The average Bonchev–Trinajstić information content (AvgIpc) is 2.75. The van der Waals surface area contributed by atoms with Crippen LogP contribution in [-0.2, 0) is 13.1 Å². The normalized spacial score (nSPS) is 20.9. The maximum Gasteiger partial charge on any atom is 0.251 e. The monoisotopic (exact) mass is 388 g/mol. The summed E-state index contributed by atoms with van der Waals surface area (Å²) in [6.07, 6.45) is 6.52. The lowest BCUT2D eigenvalue weighted by Gasteiger charge is -2.43. The number of nitrogens with zero attached hydrogens (tertiary/aromatic N) is 4. The van der Waals surface area contributed by atoms with Gasteiger partial charge in [-0.25, -0.2) is 0 Å². The summed E-state index contributed by atoms with van der Waals surface area (Å²) in [6, 6.07) is 11.7. The molecule has 0 saturated carbocycles. The molecule has 3 aromatic rings. The Kier molecular flexibility index (Phi) is 4.64. The van der Waals surface area contributed by atoms with Crippen molar-refractivity contribution in [3.63, 3.8) is 0 Å². The Balaban J connectivity index is 1.45. The number of ether oxygens (including phenoxy) is 1. The maximum atomic E-state index is 12.8. The standard InChI is InChI=1S/C23H24N4O2/c1-29-22-5-3-7-25-20(22)15-26-12-16-8-19(14-26)21-9-18(10-23(28)27(21)13-16)17-4-2-6-24-11-17/h2-7,9-11,16,19H,8,12-15H2,1H3/t16-,19+/m0/s1. The summed E-state index contributed by atoms with van der Waals surface area (Å²) in [5, 5.41) is 0. The fourth-order valence-electron chi connectivity index (χ4n) is 4.83. The number of hydrogen-bond donors (Lipinski definition) is 0. The zero-order valence-corrected chi connectivity index (χ0v) is 16.5. The molecule has 2 aliphatic rings. The van der Waals surface area contributed by atoms with Gasteiger partial charge in [-0.3, -0.25) is 19.7 Å². The van der Waals surface area contributed by atoms with Crippen molar-refractivity contribution in [2.24, 2.45) is 5.92 Å². The van der Waals surface area contributed by atoms with E-state index in [9.17, 15) is 4.79 Å². The van der Waals surface area contributed by atoms with Crippen molar-refractivity contribution in [2.45, 2.75) is 25.4 Å². The molecule has 0 amide bonds. The van der Waals surface area contributed by atoms with Crippen molar-refractivity contribution in [2.75, 3.05) is 20.2 Å². The average molecular weight is 388 g/mol. The van der Waals surface area contributed by atoms with Crippen LogP contribution in [0.1, 0.15) is 23.7 Å². The van der Waals surface area contributed by atoms with Crippen molar-refractivity contribution in [3.8, 4) is 16.9 Å². The molecule has 5 rings (SSSR count). The third-order valence-corrected chi connectivity index (χ3v) is 6.07. The minimum atomic E-state index is 0.0934. The van der Waals surface area contributed by atoms with Crippen molar-refractivity contribution >= 4 is 0 Å². The van der Waals surface area contributed by atoms with Crippen LogP contribution in [0, 0.1) is 5.92 Å². The summed E-state index contributed by atoms with van der Waals surface area (Å²) in [4.78, 5) is 24.0. The van der Waals surface area contributed by atoms with Gasteiger partial charge in [-0.2, -0.15) is 0 Å². The van der Waals surface area contributed by atoms with Gasteiger partial charge in [0.05, 0.1) is 12.8 Å². The minimum absolute atomic E-state index is 0.0934. The van der Waals surface area contributed by atoms with E-state index in [1.54, 1.807) is 19.4 Å². The van der Waals surface area contributed by atoms with Crippen LogP contribution < -0.4 is 10.3 Å².